The fourth-order valence-electron chi connectivity index (χ4n) is 1.81. The average molecular weight is 205 g/mol. The van der Waals surface area contributed by atoms with E-state index in [0.717, 1.165) is 18.7 Å². The normalized spacial score (nSPS) is 20.4. The Kier molecular flexibility index (Phi) is 3.25. The molecule has 0 saturated carbocycles. The molecule has 0 atom stereocenters. The second kappa shape index (κ2) is 4.65. The quantitative estimate of drug-likeness (QED) is 0.630. The van der Waals surface area contributed by atoms with Gasteiger partial charge < -0.3 is 0 Å². The molecular formula is C12H15NS. The molecule has 0 spiro atoms. The highest BCUT2D eigenvalue weighted by atomic mass is 32.2. The van der Waals surface area contributed by atoms with Gasteiger partial charge in [0.2, 0.25) is 0 Å². The van der Waals surface area contributed by atoms with Crippen LogP contribution in [0, 0.1) is 0 Å². The molecule has 1 nitrogen and oxygen atoms in total. The Morgan fingerprint density at radius 1 is 1.43 bits per heavy atom. The van der Waals surface area contributed by atoms with Gasteiger partial charge >= 0.3 is 0 Å². The number of aliphatic imine (C=N–C) groups is 1. The van der Waals surface area contributed by atoms with Crippen molar-refractivity contribution in [3.63, 3.8) is 0 Å². The minimum Gasteiger partial charge on any atom is -0.277 e. The van der Waals surface area contributed by atoms with E-state index in [9.17, 15) is 0 Å². The number of fused-ring (bicyclic) bond motifs is 1. The molecule has 1 aliphatic carbocycles. The Morgan fingerprint density at radius 3 is 3.14 bits per heavy atom. The number of hydrogen-bond acceptors (Lipinski definition) is 2. The fraction of sp³-hybridized carbons (Fsp3) is 0.417. The van der Waals surface area contributed by atoms with Gasteiger partial charge in [0.25, 0.3) is 0 Å². The van der Waals surface area contributed by atoms with Crippen molar-refractivity contribution in [1.29, 1.82) is 0 Å². The average Bonchev–Trinajstić information content (AvgIpc) is 2.26. The summed E-state index contributed by atoms with van der Waals surface area (Å²) < 4.78 is 0. The predicted octanol–water partition coefficient (Wildman–Crippen LogP) is 3.35. The zero-order valence-corrected chi connectivity index (χ0v) is 9.15. The molecule has 0 bridgehead atoms. The van der Waals surface area contributed by atoms with Gasteiger partial charge in [-0.25, -0.2) is 0 Å². The minimum atomic E-state index is 0.961. The van der Waals surface area contributed by atoms with E-state index in [0.29, 0.717) is 0 Å². The van der Waals surface area contributed by atoms with E-state index in [4.69, 9.17) is 0 Å². The number of allylic oxidation sites excluding steroid dienone is 2. The maximum Gasteiger partial charge on any atom is 0.0979 e. The largest absolute Gasteiger partial charge is 0.277 e. The first-order chi connectivity index (χ1) is 6.92. The molecule has 0 fully saturated rings. The first-order valence-electron chi connectivity index (χ1n) is 5.10. The lowest BCUT2D eigenvalue weighted by Gasteiger charge is -2.21. The van der Waals surface area contributed by atoms with Gasteiger partial charge in [-0.2, -0.15) is 0 Å². The Hall–Kier alpha value is -0.760. The fourth-order valence-corrected chi connectivity index (χ4v) is 2.64. The van der Waals surface area contributed by atoms with Crippen LogP contribution in [0.2, 0.25) is 0 Å². The molecule has 0 saturated heterocycles. The molecule has 0 amide bonds. The molecule has 0 aromatic rings. The lowest BCUT2D eigenvalue weighted by Crippen LogP contribution is -2.12. The second-order valence-electron chi connectivity index (χ2n) is 3.46. The predicted molar refractivity (Wildman–Crippen MR) is 65.0 cm³/mol. The number of hydrogen-bond donors (Lipinski definition) is 0. The molecule has 2 aliphatic rings. The van der Waals surface area contributed by atoms with Crippen molar-refractivity contribution < 1.29 is 0 Å². The molecule has 0 unspecified atom stereocenters. The zero-order chi connectivity index (χ0) is 9.80. The topological polar surface area (TPSA) is 12.4 Å². The molecule has 0 radical (unpaired) electrons. The molecule has 0 N–H and O–H groups in total. The Morgan fingerprint density at radius 2 is 2.29 bits per heavy atom. The van der Waals surface area contributed by atoms with Crippen molar-refractivity contribution in [2.45, 2.75) is 19.3 Å². The van der Waals surface area contributed by atoms with Crippen LogP contribution in [0.25, 0.3) is 0 Å². The third-order valence-electron chi connectivity index (χ3n) is 2.46. The van der Waals surface area contributed by atoms with Crippen molar-refractivity contribution in [3.8, 4) is 0 Å². The van der Waals surface area contributed by atoms with E-state index < -0.39 is 0 Å². The van der Waals surface area contributed by atoms with Crippen molar-refractivity contribution >= 4 is 16.8 Å². The van der Waals surface area contributed by atoms with Crippen molar-refractivity contribution in [2.24, 2.45) is 4.99 Å². The lowest BCUT2D eigenvalue weighted by molar-refractivity contribution is 0.899. The van der Waals surface area contributed by atoms with Gasteiger partial charge in [0.1, 0.15) is 0 Å². The summed E-state index contributed by atoms with van der Waals surface area (Å²) in [6, 6.07) is 0. The monoisotopic (exact) mass is 205 g/mol. The summed E-state index contributed by atoms with van der Waals surface area (Å²) in [6.07, 6.45) is 10.2. The Labute approximate surface area is 89.7 Å². The SMILES string of the molecule is C=CCSC1=NCCC2=CCCC=C21. The number of thioether (sulfide) groups is 1. The molecule has 14 heavy (non-hydrogen) atoms. The van der Waals surface area contributed by atoms with Crippen LogP contribution in [0.4, 0.5) is 0 Å². The van der Waals surface area contributed by atoms with Crippen LogP contribution in [0.15, 0.2) is 40.9 Å². The van der Waals surface area contributed by atoms with Crippen LogP contribution in [-0.2, 0) is 0 Å². The van der Waals surface area contributed by atoms with E-state index >= 15 is 0 Å². The van der Waals surface area contributed by atoms with E-state index in [1.807, 2.05) is 6.08 Å². The third kappa shape index (κ3) is 2.01. The summed E-state index contributed by atoms with van der Waals surface area (Å²) >= 11 is 1.81. The van der Waals surface area contributed by atoms with Gasteiger partial charge in [-0.15, -0.1) is 18.3 Å². The third-order valence-corrected chi connectivity index (χ3v) is 3.48. The summed E-state index contributed by atoms with van der Waals surface area (Å²) in [5, 5.41) is 1.22. The van der Waals surface area contributed by atoms with Crippen molar-refractivity contribution in [1.82, 2.24) is 0 Å². The van der Waals surface area contributed by atoms with E-state index in [1.165, 1.54) is 29.0 Å². The van der Waals surface area contributed by atoms with Gasteiger partial charge in [0, 0.05) is 17.9 Å². The van der Waals surface area contributed by atoms with Crippen LogP contribution < -0.4 is 0 Å². The highest BCUT2D eigenvalue weighted by Crippen LogP contribution is 2.30. The molecule has 1 heterocycles. The van der Waals surface area contributed by atoms with E-state index in [-0.39, 0.29) is 0 Å². The molecule has 0 aromatic carbocycles. The first-order valence-corrected chi connectivity index (χ1v) is 6.08. The van der Waals surface area contributed by atoms with Gasteiger partial charge in [-0.3, -0.25) is 4.99 Å². The summed E-state index contributed by atoms with van der Waals surface area (Å²) in [6.45, 7) is 4.70. The summed E-state index contributed by atoms with van der Waals surface area (Å²) in [7, 11) is 0. The highest BCUT2D eigenvalue weighted by molar-refractivity contribution is 8.14. The van der Waals surface area contributed by atoms with Crippen LogP contribution >= 0.6 is 11.8 Å². The minimum absolute atomic E-state index is 0.961. The van der Waals surface area contributed by atoms with Crippen LogP contribution in [0.1, 0.15) is 19.3 Å². The van der Waals surface area contributed by atoms with Crippen LogP contribution in [0.3, 0.4) is 0 Å². The van der Waals surface area contributed by atoms with Gasteiger partial charge in [0.15, 0.2) is 0 Å². The maximum atomic E-state index is 4.57. The lowest BCUT2D eigenvalue weighted by atomic mass is 9.94. The molecule has 74 valence electrons. The summed E-state index contributed by atoms with van der Waals surface area (Å²) in [4.78, 5) is 4.57. The van der Waals surface area contributed by atoms with Gasteiger partial charge in [-0.05, 0) is 24.8 Å². The van der Waals surface area contributed by atoms with Crippen LogP contribution in [-0.4, -0.2) is 17.3 Å². The molecule has 2 rings (SSSR count). The number of nitrogens with zero attached hydrogens (tertiary/aromatic N) is 1. The standard InChI is InChI=1S/C12H15NS/c1-2-9-14-12-11-6-4-3-5-10(11)7-8-13-12/h2,5-6H,1,3-4,7-9H2. The summed E-state index contributed by atoms with van der Waals surface area (Å²) in [5.74, 6) is 0.962. The summed E-state index contributed by atoms with van der Waals surface area (Å²) in [5.41, 5.74) is 2.91. The number of rotatable bonds is 2. The highest BCUT2D eigenvalue weighted by Gasteiger charge is 2.18. The molecular weight excluding hydrogens is 190 g/mol. The Bertz CT molecular complexity index is 323. The van der Waals surface area contributed by atoms with Crippen molar-refractivity contribution in [2.75, 3.05) is 12.3 Å². The first kappa shape index (κ1) is 9.78. The molecule has 1 aliphatic heterocycles. The molecule has 2 heteroatoms. The molecule has 0 aromatic heterocycles. The zero-order valence-electron chi connectivity index (χ0n) is 8.33. The maximum absolute atomic E-state index is 4.57. The van der Waals surface area contributed by atoms with Gasteiger partial charge in [-0.1, -0.05) is 18.2 Å². The van der Waals surface area contributed by atoms with E-state index in [2.05, 4.69) is 23.7 Å². The Balaban J connectivity index is 2.16. The smallest absolute Gasteiger partial charge is 0.0979 e. The van der Waals surface area contributed by atoms with Crippen molar-refractivity contribution in [3.05, 3.63) is 36.0 Å². The van der Waals surface area contributed by atoms with E-state index in [1.54, 1.807) is 11.8 Å². The van der Waals surface area contributed by atoms with Crippen LogP contribution in [0.5, 0.6) is 0 Å². The second-order valence-corrected chi connectivity index (χ2v) is 4.47. The van der Waals surface area contributed by atoms with Gasteiger partial charge in [0.05, 0.1) is 5.04 Å².